The van der Waals surface area contributed by atoms with Crippen molar-refractivity contribution >= 4 is 11.1 Å². The molecular formula is C34H36. The van der Waals surface area contributed by atoms with Crippen LogP contribution in [-0.4, -0.2) is 0 Å². The molecule has 0 amide bonds. The Kier molecular flexibility index (Phi) is 6.62. The molecule has 0 bridgehead atoms. The molecule has 0 N–H and O–H groups in total. The molecule has 0 saturated heterocycles. The summed E-state index contributed by atoms with van der Waals surface area (Å²) >= 11 is 0. The van der Waals surface area contributed by atoms with E-state index in [0.717, 1.165) is 0 Å². The zero-order chi connectivity index (χ0) is 24.3. The van der Waals surface area contributed by atoms with Crippen molar-refractivity contribution in [2.75, 3.05) is 0 Å². The van der Waals surface area contributed by atoms with Crippen molar-refractivity contribution in [3.63, 3.8) is 0 Å². The Morgan fingerprint density at radius 2 is 0.618 bits per heavy atom. The van der Waals surface area contributed by atoms with Gasteiger partial charge in [-0.25, -0.2) is 0 Å². The zero-order valence-corrected chi connectivity index (χ0v) is 21.4. The summed E-state index contributed by atoms with van der Waals surface area (Å²) in [4.78, 5) is 0. The van der Waals surface area contributed by atoms with Gasteiger partial charge in [0.05, 0.1) is 0 Å². The summed E-state index contributed by atoms with van der Waals surface area (Å²) in [5.74, 6) is 0. The Labute approximate surface area is 206 Å². The predicted molar refractivity (Wildman–Crippen MR) is 148 cm³/mol. The monoisotopic (exact) mass is 444 g/mol. The number of hydrogen-bond acceptors (Lipinski definition) is 0. The fourth-order valence-electron chi connectivity index (χ4n) is 4.39. The minimum absolute atomic E-state index is 0.125. The van der Waals surface area contributed by atoms with E-state index < -0.39 is 0 Å². The van der Waals surface area contributed by atoms with Gasteiger partial charge in [-0.05, 0) is 55.4 Å². The molecule has 34 heavy (non-hydrogen) atoms. The van der Waals surface area contributed by atoms with E-state index in [1.54, 1.807) is 0 Å². The van der Waals surface area contributed by atoms with Crippen LogP contribution in [-0.2, 0) is 10.8 Å². The van der Waals surface area contributed by atoms with Gasteiger partial charge in [-0.1, -0.05) is 151 Å². The zero-order valence-electron chi connectivity index (χ0n) is 21.4. The van der Waals surface area contributed by atoms with Crippen LogP contribution in [0.3, 0.4) is 0 Å². The van der Waals surface area contributed by atoms with Gasteiger partial charge in [-0.3, -0.25) is 0 Å². The molecule has 0 aliphatic rings. The summed E-state index contributed by atoms with van der Waals surface area (Å²) < 4.78 is 0. The van der Waals surface area contributed by atoms with Crippen molar-refractivity contribution in [1.82, 2.24) is 0 Å². The number of hydrogen-bond donors (Lipinski definition) is 0. The molecule has 172 valence electrons. The van der Waals surface area contributed by atoms with Gasteiger partial charge < -0.3 is 0 Å². The van der Waals surface area contributed by atoms with Crippen molar-refractivity contribution in [2.45, 2.75) is 52.4 Å². The van der Waals surface area contributed by atoms with Crippen LogP contribution in [0.1, 0.15) is 74.9 Å². The third-order valence-corrected chi connectivity index (χ3v) is 6.45. The van der Waals surface area contributed by atoms with E-state index >= 15 is 0 Å². The highest BCUT2D eigenvalue weighted by molar-refractivity contribution is 6.04. The summed E-state index contributed by atoms with van der Waals surface area (Å²) in [6, 6.07) is 39.9. The summed E-state index contributed by atoms with van der Waals surface area (Å²) in [5.41, 5.74) is 10.4. The van der Waals surface area contributed by atoms with Crippen LogP contribution >= 0.6 is 0 Å². The fourth-order valence-corrected chi connectivity index (χ4v) is 4.39. The third kappa shape index (κ3) is 5.23. The molecule has 0 heteroatoms. The molecule has 0 nitrogen and oxygen atoms in total. The van der Waals surface area contributed by atoms with Gasteiger partial charge in [0.25, 0.3) is 0 Å². The Morgan fingerprint density at radius 3 is 0.882 bits per heavy atom. The molecule has 4 aromatic carbocycles. The van der Waals surface area contributed by atoms with E-state index in [9.17, 15) is 0 Å². The molecule has 0 aliphatic heterocycles. The second-order valence-corrected chi connectivity index (χ2v) is 11.1. The third-order valence-electron chi connectivity index (χ3n) is 6.45. The number of benzene rings is 4. The van der Waals surface area contributed by atoms with Crippen molar-refractivity contribution in [3.05, 3.63) is 143 Å². The lowest BCUT2D eigenvalue weighted by Gasteiger charge is -2.22. The van der Waals surface area contributed by atoms with E-state index in [1.807, 2.05) is 0 Å². The fraction of sp³-hybridized carbons (Fsp3) is 0.235. The van der Waals surface area contributed by atoms with Crippen LogP contribution in [0.5, 0.6) is 0 Å². The molecule has 0 heterocycles. The first-order chi connectivity index (χ1) is 16.1. The topological polar surface area (TPSA) is 0 Å². The standard InChI is InChI=1S/C34H36/c1-33(2,3)29-21-17-27(18-22-29)31(25-13-9-7-10-14-25)32(26-15-11-8-12-16-26)28-19-23-30(24-20-28)34(4,5)6/h7-24H,1-6H3/b32-31+. The van der Waals surface area contributed by atoms with Crippen molar-refractivity contribution in [2.24, 2.45) is 0 Å². The Balaban J connectivity index is 2.01. The Morgan fingerprint density at radius 1 is 0.353 bits per heavy atom. The van der Waals surface area contributed by atoms with Gasteiger partial charge in [0, 0.05) is 0 Å². The highest BCUT2D eigenvalue weighted by Crippen LogP contribution is 2.38. The first kappa shape index (κ1) is 23.8. The average Bonchev–Trinajstić information content (AvgIpc) is 2.83. The number of rotatable bonds is 4. The predicted octanol–water partition coefficient (Wildman–Crippen LogP) is 9.29. The first-order valence-electron chi connectivity index (χ1n) is 12.2. The molecule has 0 aliphatic carbocycles. The summed E-state index contributed by atoms with van der Waals surface area (Å²) in [6.45, 7) is 13.6. The van der Waals surface area contributed by atoms with Crippen LogP contribution in [0.25, 0.3) is 11.1 Å². The summed E-state index contributed by atoms with van der Waals surface area (Å²) in [6.07, 6.45) is 0. The molecule has 4 aromatic rings. The van der Waals surface area contributed by atoms with Crippen LogP contribution in [0, 0.1) is 0 Å². The van der Waals surface area contributed by atoms with Gasteiger partial charge in [0.1, 0.15) is 0 Å². The lowest BCUT2D eigenvalue weighted by molar-refractivity contribution is 0.590. The summed E-state index contributed by atoms with van der Waals surface area (Å²) in [7, 11) is 0. The summed E-state index contributed by atoms with van der Waals surface area (Å²) in [5, 5.41) is 0. The maximum absolute atomic E-state index is 2.29. The molecule has 0 atom stereocenters. The van der Waals surface area contributed by atoms with E-state index in [0.29, 0.717) is 0 Å². The van der Waals surface area contributed by atoms with Gasteiger partial charge in [0.2, 0.25) is 0 Å². The molecule has 0 saturated carbocycles. The Hall–Kier alpha value is -3.38. The molecule has 0 aromatic heterocycles. The molecule has 0 unspecified atom stereocenters. The van der Waals surface area contributed by atoms with Crippen molar-refractivity contribution < 1.29 is 0 Å². The van der Waals surface area contributed by atoms with Crippen LogP contribution in [0.2, 0.25) is 0 Å². The quantitative estimate of drug-likeness (QED) is 0.275. The van der Waals surface area contributed by atoms with Gasteiger partial charge in [-0.15, -0.1) is 0 Å². The van der Waals surface area contributed by atoms with Crippen LogP contribution < -0.4 is 0 Å². The average molecular weight is 445 g/mol. The lowest BCUT2D eigenvalue weighted by atomic mass is 9.82. The highest BCUT2D eigenvalue weighted by atomic mass is 14.2. The van der Waals surface area contributed by atoms with Gasteiger partial charge in [-0.2, -0.15) is 0 Å². The molecular weight excluding hydrogens is 408 g/mol. The smallest absolute Gasteiger partial charge is 0.00268 e. The van der Waals surface area contributed by atoms with Crippen molar-refractivity contribution in [3.8, 4) is 0 Å². The molecule has 0 spiro atoms. The van der Waals surface area contributed by atoms with Crippen LogP contribution in [0.4, 0.5) is 0 Å². The van der Waals surface area contributed by atoms with E-state index in [2.05, 4.69) is 151 Å². The van der Waals surface area contributed by atoms with E-state index in [1.165, 1.54) is 44.5 Å². The molecule has 0 radical (unpaired) electrons. The Bertz CT molecular complexity index is 1140. The van der Waals surface area contributed by atoms with Gasteiger partial charge in [0.15, 0.2) is 0 Å². The van der Waals surface area contributed by atoms with E-state index in [4.69, 9.17) is 0 Å². The second-order valence-electron chi connectivity index (χ2n) is 11.1. The molecule has 0 fully saturated rings. The minimum atomic E-state index is 0.125. The maximum Gasteiger partial charge on any atom is -0.00268 e. The van der Waals surface area contributed by atoms with Crippen molar-refractivity contribution in [1.29, 1.82) is 0 Å². The van der Waals surface area contributed by atoms with Crippen LogP contribution in [0.15, 0.2) is 109 Å². The largest absolute Gasteiger partial charge is 0.0622 e. The SMILES string of the molecule is CC(C)(C)c1ccc(/C(=C(\c2ccccc2)c2ccc(C(C)(C)C)cc2)c2ccccc2)cc1. The normalized spacial score (nSPS) is 12.9. The highest BCUT2D eigenvalue weighted by Gasteiger charge is 2.19. The lowest BCUT2D eigenvalue weighted by Crippen LogP contribution is -2.11. The first-order valence-corrected chi connectivity index (χ1v) is 12.2. The van der Waals surface area contributed by atoms with E-state index in [-0.39, 0.29) is 10.8 Å². The second kappa shape index (κ2) is 9.47. The van der Waals surface area contributed by atoms with Gasteiger partial charge >= 0.3 is 0 Å². The molecule has 4 rings (SSSR count). The minimum Gasteiger partial charge on any atom is -0.0622 e. The maximum atomic E-state index is 2.29.